The number of allylic oxidation sites excluding steroid dienone is 2. The molecule has 3 aromatic carbocycles. The first kappa shape index (κ1) is 25.2. The molecule has 0 saturated heterocycles. The number of rotatable bonds is 0. The largest absolute Gasteiger partial charge is 0.289 e. The van der Waals surface area contributed by atoms with Crippen LogP contribution in [0.15, 0.2) is 36.4 Å². The first-order valence-electron chi connectivity index (χ1n) is 12.1. The minimum absolute atomic E-state index is 0.00648. The topological polar surface area (TPSA) is 68.3 Å². The normalized spacial score (nSPS) is 13.7. The van der Waals surface area contributed by atoms with Gasteiger partial charge >= 0.3 is 0 Å². The molecule has 5 rings (SSSR count). The minimum atomic E-state index is -0.0924. The molecule has 36 heavy (non-hydrogen) atoms. The summed E-state index contributed by atoms with van der Waals surface area (Å²) in [7, 11) is 0. The summed E-state index contributed by atoms with van der Waals surface area (Å²) in [5, 5.41) is 0. The highest BCUT2D eigenvalue weighted by molar-refractivity contribution is 6.30. The van der Waals surface area contributed by atoms with Crippen LogP contribution < -0.4 is 0 Å². The molecule has 4 nitrogen and oxygen atoms in total. The molecule has 0 atom stereocenters. The van der Waals surface area contributed by atoms with Crippen molar-refractivity contribution in [3.05, 3.63) is 114 Å². The van der Waals surface area contributed by atoms with Gasteiger partial charge in [0.1, 0.15) is 0 Å². The number of benzene rings is 3. The van der Waals surface area contributed by atoms with E-state index >= 15 is 0 Å². The van der Waals surface area contributed by atoms with Crippen LogP contribution in [-0.4, -0.2) is 23.1 Å². The number of ketones is 4. The maximum absolute atomic E-state index is 13.4. The Kier molecular flexibility index (Phi) is 6.25. The van der Waals surface area contributed by atoms with Crippen LogP contribution in [0.25, 0.3) is 0 Å². The van der Waals surface area contributed by atoms with Crippen LogP contribution in [0.2, 0.25) is 0 Å². The van der Waals surface area contributed by atoms with Gasteiger partial charge in [-0.05, 0) is 112 Å². The summed E-state index contributed by atoms with van der Waals surface area (Å²) >= 11 is 0. The number of hydrogen-bond acceptors (Lipinski definition) is 4. The van der Waals surface area contributed by atoms with E-state index in [2.05, 4.69) is 0 Å². The van der Waals surface area contributed by atoms with Gasteiger partial charge in [0.15, 0.2) is 23.1 Å². The van der Waals surface area contributed by atoms with Gasteiger partial charge in [0.2, 0.25) is 0 Å². The number of hydrogen-bond donors (Lipinski definition) is 0. The highest BCUT2D eigenvalue weighted by Gasteiger charge is 2.36. The highest BCUT2D eigenvalue weighted by atomic mass is 16.1. The van der Waals surface area contributed by atoms with Crippen molar-refractivity contribution in [1.29, 1.82) is 0 Å². The Morgan fingerprint density at radius 1 is 0.389 bits per heavy atom. The molecule has 0 saturated carbocycles. The number of fused-ring (bicyclic) bond motifs is 3. The summed E-state index contributed by atoms with van der Waals surface area (Å²) in [6.45, 7) is 16.0. The van der Waals surface area contributed by atoms with Gasteiger partial charge in [-0.15, -0.1) is 0 Å². The summed E-state index contributed by atoms with van der Waals surface area (Å²) in [4.78, 5) is 49.1. The van der Waals surface area contributed by atoms with Crippen molar-refractivity contribution in [3.8, 4) is 0 Å². The molecule has 2 aliphatic carbocycles. The van der Waals surface area contributed by atoms with Crippen LogP contribution in [0, 0.1) is 55.4 Å². The Labute approximate surface area is 212 Å². The first-order chi connectivity index (χ1) is 16.9. The predicted octanol–water partition coefficient (Wildman–Crippen LogP) is 6.55. The Morgan fingerprint density at radius 2 is 0.639 bits per heavy atom. The van der Waals surface area contributed by atoms with Crippen molar-refractivity contribution in [3.63, 3.8) is 0 Å². The molecule has 0 aromatic heterocycles. The van der Waals surface area contributed by atoms with Crippen molar-refractivity contribution in [2.24, 2.45) is 0 Å². The van der Waals surface area contributed by atoms with E-state index in [0.717, 1.165) is 44.5 Å². The summed E-state index contributed by atoms with van der Waals surface area (Å²) in [5.74, 6) is -0.172. The van der Waals surface area contributed by atoms with Gasteiger partial charge in [0, 0.05) is 33.4 Å². The van der Waals surface area contributed by atoms with E-state index in [-0.39, 0.29) is 23.1 Å². The molecule has 0 radical (unpaired) electrons. The van der Waals surface area contributed by atoms with Gasteiger partial charge in [0.25, 0.3) is 0 Å². The molecule has 0 amide bonds. The third kappa shape index (κ3) is 3.60. The Bertz CT molecular complexity index is 1370. The van der Waals surface area contributed by atoms with Gasteiger partial charge in [-0.25, -0.2) is 0 Å². The second-order valence-corrected chi connectivity index (χ2v) is 9.77. The summed E-state index contributed by atoms with van der Waals surface area (Å²) in [6.07, 6.45) is 2.62. The second kappa shape index (κ2) is 8.94. The van der Waals surface area contributed by atoms with E-state index in [4.69, 9.17) is 0 Å². The molecule has 3 aromatic rings. The van der Waals surface area contributed by atoms with Crippen LogP contribution >= 0.6 is 0 Å². The van der Waals surface area contributed by atoms with Crippen LogP contribution in [-0.2, 0) is 0 Å². The lowest BCUT2D eigenvalue weighted by atomic mass is 9.73. The number of carbonyl (C=O) groups excluding carboxylic acids is 4. The van der Waals surface area contributed by atoms with E-state index < -0.39 is 0 Å². The third-order valence-corrected chi connectivity index (χ3v) is 8.13. The van der Waals surface area contributed by atoms with Crippen LogP contribution in [0.4, 0.5) is 0 Å². The van der Waals surface area contributed by atoms with Gasteiger partial charge in [-0.1, -0.05) is 24.3 Å². The fourth-order valence-electron chi connectivity index (χ4n) is 5.25. The van der Waals surface area contributed by atoms with E-state index in [9.17, 15) is 19.2 Å². The molecule has 182 valence electrons. The molecule has 0 fully saturated rings. The van der Waals surface area contributed by atoms with Crippen molar-refractivity contribution in [2.45, 2.75) is 55.4 Å². The van der Waals surface area contributed by atoms with Crippen molar-refractivity contribution >= 4 is 23.1 Å². The Balaban J connectivity index is 0.000000211. The zero-order chi connectivity index (χ0) is 26.6. The van der Waals surface area contributed by atoms with Gasteiger partial charge in [-0.3, -0.25) is 19.2 Å². The first-order valence-corrected chi connectivity index (χ1v) is 12.1. The Morgan fingerprint density at radius 3 is 0.889 bits per heavy atom. The molecule has 0 bridgehead atoms. The van der Waals surface area contributed by atoms with Gasteiger partial charge in [0.05, 0.1) is 0 Å². The van der Waals surface area contributed by atoms with Crippen molar-refractivity contribution in [1.82, 2.24) is 0 Å². The fourth-order valence-corrected chi connectivity index (χ4v) is 5.25. The molecule has 0 heterocycles. The molecular formula is C32H30O4. The molecule has 0 N–H and O–H groups in total. The predicted molar refractivity (Wildman–Crippen MR) is 142 cm³/mol. The molecule has 0 unspecified atom stereocenters. The van der Waals surface area contributed by atoms with Crippen molar-refractivity contribution in [2.75, 3.05) is 0 Å². The molecular weight excluding hydrogens is 448 g/mol. The monoisotopic (exact) mass is 478 g/mol. The summed E-state index contributed by atoms with van der Waals surface area (Å²) in [6, 6.07) is 6.84. The smallest absolute Gasteiger partial charge is 0.195 e. The lowest BCUT2D eigenvalue weighted by Gasteiger charge is -2.28. The van der Waals surface area contributed by atoms with E-state index in [1.165, 1.54) is 12.2 Å². The third-order valence-electron chi connectivity index (χ3n) is 8.13. The lowest BCUT2D eigenvalue weighted by molar-refractivity contribution is 0.0976. The average Bonchev–Trinajstić information content (AvgIpc) is 2.87. The van der Waals surface area contributed by atoms with E-state index in [0.29, 0.717) is 33.4 Å². The van der Waals surface area contributed by atoms with E-state index in [1.54, 1.807) is 24.3 Å². The highest BCUT2D eigenvalue weighted by Crippen LogP contribution is 2.39. The second-order valence-electron chi connectivity index (χ2n) is 9.77. The summed E-state index contributed by atoms with van der Waals surface area (Å²) < 4.78 is 0. The summed E-state index contributed by atoms with van der Waals surface area (Å²) in [5.41, 5.74) is 11.6. The molecule has 2 aliphatic rings. The van der Waals surface area contributed by atoms with Gasteiger partial charge in [-0.2, -0.15) is 0 Å². The molecule has 0 aliphatic heterocycles. The van der Waals surface area contributed by atoms with Gasteiger partial charge < -0.3 is 0 Å². The number of carbonyl (C=O) groups is 4. The lowest BCUT2D eigenvalue weighted by Crippen LogP contribution is -2.27. The van der Waals surface area contributed by atoms with E-state index in [1.807, 2.05) is 55.4 Å². The minimum Gasteiger partial charge on any atom is -0.289 e. The van der Waals surface area contributed by atoms with Crippen LogP contribution in [0.5, 0.6) is 0 Å². The zero-order valence-corrected chi connectivity index (χ0v) is 22.1. The SMILES string of the molecule is Cc1c(C)c(C)c2c(c1C)C(=O)c1c(C)c(C)c(C)c(C)c1C2=O.O=C1C=CC(=O)c2ccccc21. The fraction of sp³-hybridized carbons (Fsp3) is 0.250. The quantitative estimate of drug-likeness (QED) is 0.287. The van der Waals surface area contributed by atoms with Crippen LogP contribution in [0.1, 0.15) is 97.1 Å². The Hall–Kier alpha value is -3.92. The maximum atomic E-state index is 13.4. The van der Waals surface area contributed by atoms with Crippen molar-refractivity contribution < 1.29 is 19.2 Å². The zero-order valence-electron chi connectivity index (χ0n) is 22.1. The molecule has 0 spiro atoms. The molecule has 4 heteroatoms. The standard InChI is InChI=1S/C22H24O2.C10H6O2/c1-9-10(2)14(6)18-17(13(9)5)21(23)19-15(7)11(3)12(4)16(8)20(19)22(18)24;11-9-5-6-10(12)8-4-2-1-3-7(8)9/h1-8H3;1-6H. The maximum Gasteiger partial charge on any atom is 0.195 e. The average molecular weight is 479 g/mol. The van der Waals surface area contributed by atoms with Crippen LogP contribution in [0.3, 0.4) is 0 Å².